The van der Waals surface area contributed by atoms with Gasteiger partial charge in [-0.15, -0.1) is 10.2 Å². The molecule has 0 N–H and O–H groups in total. The fourth-order valence-corrected chi connectivity index (χ4v) is 3.06. The number of carbonyl (C=O) groups is 1. The number of ether oxygens (including phenoxy) is 1. The predicted octanol–water partition coefficient (Wildman–Crippen LogP) is 2.66. The second-order valence-electron chi connectivity index (χ2n) is 6.31. The molecule has 0 saturated carbocycles. The van der Waals surface area contributed by atoms with Gasteiger partial charge in [0.2, 0.25) is 5.88 Å². The summed E-state index contributed by atoms with van der Waals surface area (Å²) in [6, 6.07) is 11.0. The summed E-state index contributed by atoms with van der Waals surface area (Å²) >= 11 is 0. The number of amides is 1. The van der Waals surface area contributed by atoms with E-state index in [-0.39, 0.29) is 5.91 Å². The quantitative estimate of drug-likeness (QED) is 0.711. The smallest absolute Gasteiger partial charge is 0.254 e. The van der Waals surface area contributed by atoms with Gasteiger partial charge in [0.05, 0.1) is 25.0 Å². The number of fused-ring (bicyclic) bond motifs is 1. The van der Waals surface area contributed by atoms with Crippen molar-refractivity contribution in [2.45, 2.75) is 26.4 Å². The Balaban J connectivity index is 1.49. The van der Waals surface area contributed by atoms with E-state index in [0.717, 1.165) is 34.8 Å². The Labute approximate surface area is 157 Å². The average Bonchev–Trinajstić information content (AvgIpc) is 3.16. The summed E-state index contributed by atoms with van der Waals surface area (Å²) in [6.07, 6.45) is 2.62. The van der Waals surface area contributed by atoms with Crippen molar-refractivity contribution in [3.05, 3.63) is 65.2 Å². The lowest BCUT2D eigenvalue weighted by Gasteiger charge is -2.15. The molecule has 0 radical (unpaired) electrons. The minimum atomic E-state index is -0.0154. The number of nitrogens with zero attached hydrogens (tertiary/aromatic N) is 5. The number of methoxy groups -OCH3 is 1. The van der Waals surface area contributed by atoms with Gasteiger partial charge in [0, 0.05) is 41.9 Å². The Kier molecular flexibility index (Phi) is 4.50. The molecule has 1 aromatic carbocycles. The zero-order valence-electron chi connectivity index (χ0n) is 15.2. The first-order chi connectivity index (χ1) is 13.2. The molecule has 0 atom stereocenters. The molecular formula is C20H19N5O2. The van der Waals surface area contributed by atoms with E-state index >= 15 is 0 Å². The lowest BCUT2D eigenvalue weighted by atomic mass is 10.1. The van der Waals surface area contributed by atoms with E-state index in [4.69, 9.17) is 4.74 Å². The molecule has 27 heavy (non-hydrogen) atoms. The van der Waals surface area contributed by atoms with E-state index in [9.17, 15) is 4.79 Å². The molecule has 0 aliphatic carbocycles. The maximum Gasteiger partial charge on any atom is 0.254 e. The summed E-state index contributed by atoms with van der Waals surface area (Å²) < 4.78 is 5.02. The monoisotopic (exact) mass is 361 g/mol. The fraction of sp³-hybridized carbons (Fsp3) is 0.250. The molecule has 0 spiro atoms. The number of aryl methyl sites for hydroxylation is 1. The topological polar surface area (TPSA) is 81.1 Å². The molecule has 1 aliphatic rings. The van der Waals surface area contributed by atoms with Crippen LogP contribution < -0.4 is 4.74 Å². The first-order valence-corrected chi connectivity index (χ1v) is 8.79. The number of rotatable bonds is 4. The van der Waals surface area contributed by atoms with Gasteiger partial charge in [0.15, 0.2) is 0 Å². The van der Waals surface area contributed by atoms with Crippen LogP contribution in [0.15, 0.2) is 42.6 Å². The Hall–Kier alpha value is -3.35. The molecule has 0 bridgehead atoms. The van der Waals surface area contributed by atoms with Crippen LogP contribution in [0.25, 0.3) is 11.3 Å². The van der Waals surface area contributed by atoms with Crippen LogP contribution in [0, 0.1) is 0 Å². The summed E-state index contributed by atoms with van der Waals surface area (Å²) in [5.41, 5.74) is 4.22. The van der Waals surface area contributed by atoms with Crippen LogP contribution in [0.5, 0.6) is 5.88 Å². The second-order valence-corrected chi connectivity index (χ2v) is 6.31. The molecule has 1 aliphatic heterocycles. The third-order valence-electron chi connectivity index (χ3n) is 4.59. The number of benzene rings is 1. The largest absolute Gasteiger partial charge is 0.480 e. The Morgan fingerprint density at radius 3 is 2.59 bits per heavy atom. The van der Waals surface area contributed by atoms with E-state index in [1.165, 1.54) is 0 Å². The maximum absolute atomic E-state index is 12.8. The summed E-state index contributed by atoms with van der Waals surface area (Å²) in [4.78, 5) is 23.5. The van der Waals surface area contributed by atoms with Crippen LogP contribution in [0.3, 0.4) is 0 Å². The average molecular weight is 361 g/mol. The first-order valence-electron chi connectivity index (χ1n) is 8.79. The first kappa shape index (κ1) is 17.1. The van der Waals surface area contributed by atoms with E-state index in [2.05, 4.69) is 20.2 Å². The zero-order valence-corrected chi connectivity index (χ0v) is 15.2. The van der Waals surface area contributed by atoms with E-state index < -0.39 is 0 Å². The molecule has 0 fully saturated rings. The van der Waals surface area contributed by atoms with E-state index in [0.29, 0.717) is 24.5 Å². The van der Waals surface area contributed by atoms with E-state index in [1.54, 1.807) is 18.1 Å². The number of aromatic nitrogens is 4. The van der Waals surface area contributed by atoms with Gasteiger partial charge in [-0.2, -0.15) is 0 Å². The van der Waals surface area contributed by atoms with Crippen LogP contribution >= 0.6 is 0 Å². The van der Waals surface area contributed by atoms with Crippen LogP contribution in [0.2, 0.25) is 0 Å². The standard InChI is InChI=1S/C20H19N5O2/c1-3-18-21-10-15-11-25(12-17(15)22-18)20(26)14-6-4-13(5-7-14)16-8-9-19(27-2)24-23-16/h4-10H,3,11-12H2,1-2H3. The van der Waals surface area contributed by atoms with Crippen molar-refractivity contribution >= 4 is 5.91 Å². The highest BCUT2D eigenvalue weighted by Gasteiger charge is 2.26. The van der Waals surface area contributed by atoms with Crippen molar-refractivity contribution < 1.29 is 9.53 Å². The molecule has 3 heterocycles. The summed E-state index contributed by atoms with van der Waals surface area (Å²) in [5.74, 6) is 1.26. The van der Waals surface area contributed by atoms with Crippen molar-refractivity contribution in [1.29, 1.82) is 0 Å². The van der Waals surface area contributed by atoms with E-state index in [1.807, 2.05) is 43.5 Å². The highest BCUT2D eigenvalue weighted by Crippen LogP contribution is 2.24. The lowest BCUT2D eigenvalue weighted by molar-refractivity contribution is 0.0750. The Bertz CT molecular complexity index is 971. The molecule has 1 amide bonds. The van der Waals surface area contributed by atoms with Crippen LogP contribution in [-0.4, -0.2) is 38.1 Å². The molecule has 7 nitrogen and oxygen atoms in total. The van der Waals surface area contributed by atoms with Crippen LogP contribution in [-0.2, 0) is 19.5 Å². The fourth-order valence-electron chi connectivity index (χ4n) is 3.06. The molecule has 4 rings (SSSR count). The summed E-state index contributed by atoms with van der Waals surface area (Å²) in [5, 5.41) is 8.10. The molecule has 7 heteroatoms. The third kappa shape index (κ3) is 3.36. The Morgan fingerprint density at radius 1 is 1.11 bits per heavy atom. The van der Waals surface area contributed by atoms with Crippen molar-refractivity contribution in [3.8, 4) is 17.1 Å². The molecule has 2 aromatic heterocycles. The predicted molar refractivity (Wildman–Crippen MR) is 99.0 cm³/mol. The summed E-state index contributed by atoms with van der Waals surface area (Å²) in [6.45, 7) is 3.09. The molecule has 3 aromatic rings. The maximum atomic E-state index is 12.8. The lowest BCUT2D eigenvalue weighted by Crippen LogP contribution is -2.25. The van der Waals surface area contributed by atoms with Gasteiger partial charge >= 0.3 is 0 Å². The van der Waals surface area contributed by atoms with Crippen molar-refractivity contribution in [1.82, 2.24) is 25.1 Å². The molecule has 0 saturated heterocycles. The van der Waals surface area contributed by atoms with Crippen molar-refractivity contribution in [2.24, 2.45) is 0 Å². The minimum absolute atomic E-state index is 0.0154. The van der Waals surface area contributed by atoms with Gasteiger partial charge in [0.1, 0.15) is 5.82 Å². The SMILES string of the molecule is CCc1ncc2c(n1)CN(C(=O)c1ccc(-c3ccc(OC)nn3)cc1)C2. The minimum Gasteiger partial charge on any atom is -0.480 e. The number of hydrogen-bond donors (Lipinski definition) is 0. The van der Waals surface area contributed by atoms with Gasteiger partial charge in [-0.3, -0.25) is 4.79 Å². The zero-order chi connectivity index (χ0) is 18.8. The number of carbonyl (C=O) groups excluding carboxylic acids is 1. The Morgan fingerprint density at radius 2 is 1.93 bits per heavy atom. The highest BCUT2D eigenvalue weighted by atomic mass is 16.5. The second kappa shape index (κ2) is 7.11. The van der Waals surface area contributed by atoms with Crippen LogP contribution in [0.1, 0.15) is 34.4 Å². The van der Waals surface area contributed by atoms with Crippen molar-refractivity contribution in [2.75, 3.05) is 7.11 Å². The summed E-state index contributed by atoms with van der Waals surface area (Å²) in [7, 11) is 1.55. The molecular weight excluding hydrogens is 342 g/mol. The van der Waals surface area contributed by atoms with Gasteiger partial charge in [-0.05, 0) is 18.2 Å². The van der Waals surface area contributed by atoms with Gasteiger partial charge in [-0.25, -0.2) is 9.97 Å². The van der Waals surface area contributed by atoms with Crippen molar-refractivity contribution in [3.63, 3.8) is 0 Å². The van der Waals surface area contributed by atoms with Gasteiger partial charge < -0.3 is 9.64 Å². The van der Waals surface area contributed by atoms with Crippen LogP contribution in [0.4, 0.5) is 0 Å². The van der Waals surface area contributed by atoms with Gasteiger partial charge in [0.25, 0.3) is 5.91 Å². The third-order valence-corrected chi connectivity index (χ3v) is 4.59. The normalized spacial score (nSPS) is 12.7. The molecule has 136 valence electrons. The highest BCUT2D eigenvalue weighted by molar-refractivity contribution is 5.95. The molecule has 0 unspecified atom stereocenters. The van der Waals surface area contributed by atoms with Gasteiger partial charge in [-0.1, -0.05) is 19.1 Å². The number of hydrogen-bond acceptors (Lipinski definition) is 6.